The molecular formula is C21H19N7O3. The first kappa shape index (κ1) is 18.9. The van der Waals surface area contributed by atoms with Gasteiger partial charge in [0.05, 0.1) is 42.6 Å². The van der Waals surface area contributed by atoms with Crippen LogP contribution >= 0.6 is 0 Å². The third-order valence-corrected chi connectivity index (χ3v) is 4.95. The normalized spacial score (nSPS) is 14.0. The lowest BCUT2D eigenvalue weighted by Gasteiger charge is -2.28. The molecule has 10 nitrogen and oxygen atoms in total. The van der Waals surface area contributed by atoms with Crippen molar-refractivity contribution in [2.45, 2.75) is 0 Å². The zero-order valence-electron chi connectivity index (χ0n) is 16.5. The molecule has 1 amide bonds. The highest BCUT2D eigenvalue weighted by Gasteiger charge is 2.20. The van der Waals surface area contributed by atoms with Crippen LogP contribution in [0, 0.1) is 0 Å². The predicted octanol–water partition coefficient (Wildman–Crippen LogP) is 2.35. The number of benzene rings is 1. The van der Waals surface area contributed by atoms with E-state index in [9.17, 15) is 4.79 Å². The van der Waals surface area contributed by atoms with E-state index in [0.29, 0.717) is 60.2 Å². The van der Waals surface area contributed by atoms with Crippen molar-refractivity contribution in [3.05, 3.63) is 54.6 Å². The summed E-state index contributed by atoms with van der Waals surface area (Å²) in [5.74, 6) is 0.490. The number of nitrogen functional groups attached to an aromatic ring is 1. The summed E-state index contributed by atoms with van der Waals surface area (Å²) in [7, 11) is 0. The van der Waals surface area contributed by atoms with E-state index in [2.05, 4.69) is 25.2 Å². The lowest BCUT2D eigenvalue weighted by Crippen LogP contribution is -2.37. The average molecular weight is 417 g/mol. The van der Waals surface area contributed by atoms with Crippen LogP contribution in [0.4, 0.5) is 17.5 Å². The number of carbonyl (C=O) groups is 1. The number of ether oxygens (including phenoxy) is 1. The smallest absolute Gasteiger partial charge is 0.258 e. The highest BCUT2D eigenvalue weighted by Crippen LogP contribution is 2.30. The van der Waals surface area contributed by atoms with Crippen LogP contribution in [0.3, 0.4) is 0 Å². The number of carbonyl (C=O) groups excluding carboxylic acids is 1. The van der Waals surface area contributed by atoms with E-state index in [0.717, 1.165) is 5.56 Å². The molecule has 4 heterocycles. The molecule has 3 N–H and O–H groups in total. The standard InChI is InChI=1S/C21H19N7O3/c22-21-26-18-17(19(27-21)28-6-9-30-10-7-28)24-16(11-23-18)14-3-1-2-4-15(14)25-20(29)13-5-8-31-12-13/h1-5,8,11-12H,6-7,9-10H2,(H,25,29)(H2,22,23,26,27). The fraction of sp³-hybridized carbons (Fsp3) is 0.190. The number of hydrogen-bond acceptors (Lipinski definition) is 9. The minimum atomic E-state index is -0.278. The van der Waals surface area contributed by atoms with Gasteiger partial charge in [-0.1, -0.05) is 18.2 Å². The molecule has 1 fully saturated rings. The van der Waals surface area contributed by atoms with E-state index in [4.69, 9.17) is 19.9 Å². The molecule has 156 valence electrons. The number of anilines is 3. The quantitative estimate of drug-likeness (QED) is 0.513. The van der Waals surface area contributed by atoms with Crippen molar-refractivity contribution in [2.24, 2.45) is 0 Å². The van der Waals surface area contributed by atoms with Crippen molar-refractivity contribution in [3.8, 4) is 11.3 Å². The zero-order chi connectivity index (χ0) is 21.2. The third-order valence-electron chi connectivity index (χ3n) is 4.95. The molecule has 0 unspecified atom stereocenters. The van der Waals surface area contributed by atoms with Gasteiger partial charge in [-0.05, 0) is 12.1 Å². The van der Waals surface area contributed by atoms with Crippen LogP contribution < -0.4 is 16.0 Å². The van der Waals surface area contributed by atoms with Crippen LogP contribution in [0.5, 0.6) is 0 Å². The fourth-order valence-corrected chi connectivity index (χ4v) is 3.44. The Morgan fingerprint density at radius 1 is 1.10 bits per heavy atom. The highest BCUT2D eigenvalue weighted by molar-refractivity contribution is 6.06. The Hall–Kier alpha value is -4.05. The molecule has 31 heavy (non-hydrogen) atoms. The van der Waals surface area contributed by atoms with Gasteiger partial charge in [-0.2, -0.15) is 9.97 Å². The molecule has 0 atom stereocenters. The number of nitrogens with one attached hydrogen (secondary N) is 1. The van der Waals surface area contributed by atoms with Crippen molar-refractivity contribution < 1.29 is 13.9 Å². The zero-order valence-corrected chi connectivity index (χ0v) is 16.5. The van der Waals surface area contributed by atoms with Crippen molar-refractivity contribution >= 4 is 34.5 Å². The maximum atomic E-state index is 12.5. The number of fused-ring (bicyclic) bond motifs is 1. The molecule has 0 radical (unpaired) electrons. The molecule has 10 heteroatoms. The Morgan fingerprint density at radius 2 is 1.94 bits per heavy atom. The van der Waals surface area contributed by atoms with Gasteiger partial charge in [-0.3, -0.25) is 4.79 Å². The molecule has 4 aromatic rings. The second-order valence-electron chi connectivity index (χ2n) is 6.94. The van der Waals surface area contributed by atoms with Gasteiger partial charge in [0.25, 0.3) is 5.91 Å². The molecule has 1 aromatic carbocycles. The van der Waals surface area contributed by atoms with Gasteiger partial charge in [0.2, 0.25) is 5.95 Å². The second-order valence-corrected chi connectivity index (χ2v) is 6.94. The first-order valence-electron chi connectivity index (χ1n) is 9.75. The van der Waals surface area contributed by atoms with Crippen molar-refractivity contribution in [1.29, 1.82) is 0 Å². The maximum absolute atomic E-state index is 12.5. The molecule has 0 bridgehead atoms. The lowest BCUT2D eigenvalue weighted by molar-refractivity contribution is 0.102. The number of hydrogen-bond donors (Lipinski definition) is 2. The van der Waals surface area contributed by atoms with E-state index in [-0.39, 0.29) is 11.9 Å². The highest BCUT2D eigenvalue weighted by atomic mass is 16.5. The predicted molar refractivity (Wildman–Crippen MR) is 115 cm³/mol. The maximum Gasteiger partial charge on any atom is 0.258 e. The Balaban J connectivity index is 1.57. The molecule has 0 aliphatic carbocycles. The number of furan rings is 1. The van der Waals surface area contributed by atoms with Gasteiger partial charge in [-0.25, -0.2) is 9.97 Å². The average Bonchev–Trinajstić information content (AvgIpc) is 3.34. The summed E-state index contributed by atoms with van der Waals surface area (Å²) in [6.45, 7) is 2.55. The fourth-order valence-electron chi connectivity index (χ4n) is 3.44. The van der Waals surface area contributed by atoms with Gasteiger partial charge in [0.15, 0.2) is 17.0 Å². The van der Waals surface area contributed by atoms with Crippen molar-refractivity contribution in [1.82, 2.24) is 19.9 Å². The minimum Gasteiger partial charge on any atom is -0.472 e. The lowest BCUT2D eigenvalue weighted by atomic mass is 10.1. The van der Waals surface area contributed by atoms with Gasteiger partial charge < -0.3 is 25.1 Å². The van der Waals surface area contributed by atoms with Crippen LogP contribution in [-0.2, 0) is 4.74 Å². The molecular weight excluding hydrogens is 398 g/mol. The van der Waals surface area contributed by atoms with Crippen LogP contribution in [0.15, 0.2) is 53.5 Å². The summed E-state index contributed by atoms with van der Waals surface area (Å²) in [4.78, 5) is 32.5. The molecule has 5 rings (SSSR count). The van der Waals surface area contributed by atoms with Crippen LogP contribution in [0.1, 0.15) is 10.4 Å². The van der Waals surface area contributed by atoms with Crippen LogP contribution in [0.2, 0.25) is 0 Å². The van der Waals surface area contributed by atoms with E-state index >= 15 is 0 Å². The SMILES string of the molecule is Nc1nc(N2CCOCC2)c2nc(-c3ccccc3NC(=O)c3ccoc3)cnc2n1. The summed E-state index contributed by atoms with van der Waals surface area (Å²) in [5, 5.41) is 2.90. The van der Waals surface area contributed by atoms with Gasteiger partial charge in [0, 0.05) is 18.7 Å². The third kappa shape index (κ3) is 3.76. The summed E-state index contributed by atoms with van der Waals surface area (Å²) in [6.07, 6.45) is 4.46. The number of morpholine rings is 1. The molecule has 1 aliphatic heterocycles. The number of amides is 1. The largest absolute Gasteiger partial charge is 0.472 e. The van der Waals surface area contributed by atoms with Crippen molar-refractivity contribution in [3.63, 3.8) is 0 Å². The topological polar surface area (TPSA) is 132 Å². The van der Waals surface area contributed by atoms with Crippen LogP contribution in [-0.4, -0.2) is 52.1 Å². The first-order chi connectivity index (χ1) is 15.2. The number of aromatic nitrogens is 4. The number of nitrogens with zero attached hydrogens (tertiary/aromatic N) is 5. The number of rotatable bonds is 4. The Labute approximate surface area is 177 Å². The van der Waals surface area contributed by atoms with E-state index in [1.54, 1.807) is 12.3 Å². The summed E-state index contributed by atoms with van der Waals surface area (Å²) < 4.78 is 10.4. The monoisotopic (exact) mass is 417 g/mol. The Morgan fingerprint density at radius 3 is 2.74 bits per heavy atom. The van der Waals surface area contributed by atoms with E-state index in [1.165, 1.54) is 12.5 Å². The van der Waals surface area contributed by atoms with Crippen LogP contribution in [0.25, 0.3) is 22.4 Å². The second kappa shape index (κ2) is 8.00. The van der Waals surface area contributed by atoms with Gasteiger partial charge >= 0.3 is 0 Å². The minimum absolute atomic E-state index is 0.142. The molecule has 0 saturated carbocycles. The van der Waals surface area contributed by atoms with Crippen molar-refractivity contribution in [2.75, 3.05) is 42.3 Å². The van der Waals surface area contributed by atoms with E-state index < -0.39 is 0 Å². The van der Waals surface area contributed by atoms with Gasteiger partial charge in [0.1, 0.15) is 6.26 Å². The van der Waals surface area contributed by atoms with E-state index in [1.807, 2.05) is 24.3 Å². The molecule has 1 saturated heterocycles. The Bertz CT molecular complexity index is 1240. The molecule has 1 aliphatic rings. The molecule has 3 aromatic heterocycles. The summed E-state index contributed by atoms with van der Waals surface area (Å²) >= 11 is 0. The molecule has 0 spiro atoms. The summed E-state index contributed by atoms with van der Waals surface area (Å²) in [6, 6.07) is 8.99. The first-order valence-corrected chi connectivity index (χ1v) is 9.75. The van der Waals surface area contributed by atoms with Gasteiger partial charge in [-0.15, -0.1) is 0 Å². The Kier molecular flexibility index (Phi) is 4.89. The number of nitrogens with two attached hydrogens (primary N) is 1. The number of para-hydroxylation sites is 1. The summed E-state index contributed by atoms with van der Waals surface area (Å²) in [5.41, 5.74) is 9.20.